The fourth-order valence-corrected chi connectivity index (χ4v) is 3.58. The van der Waals surface area contributed by atoms with Crippen molar-refractivity contribution in [2.45, 2.75) is 20.3 Å². The maximum atomic E-state index is 12.4. The molecule has 3 aromatic rings. The molecule has 1 N–H and O–H groups in total. The molecular weight excluding hydrogens is 364 g/mol. The van der Waals surface area contributed by atoms with Gasteiger partial charge in [0, 0.05) is 30.1 Å². The molecule has 0 aliphatic heterocycles. The van der Waals surface area contributed by atoms with Crippen LogP contribution < -0.4 is 14.8 Å². The summed E-state index contributed by atoms with van der Waals surface area (Å²) in [6, 6.07) is 7.13. The largest absolute Gasteiger partial charge is 0.497 e. The van der Waals surface area contributed by atoms with Crippen LogP contribution in [0.3, 0.4) is 0 Å². The lowest BCUT2D eigenvalue weighted by molar-refractivity contribution is 0.0951. The molecule has 0 saturated carbocycles. The Hall–Kier alpha value is -2.87. The topological polar surface area (TPSA) is 78.3 Å². The van der Waals surface area contributed by atoms with Gasteiger partial charge in [-0.05, 0) is 32.0 Å². The van der Waals surface area contributed by atoms with Crippen LogP contribution in [0.2, 0.25) is 0 Å². The SMILES string of the molecule is COc1ccc(C(=O)NCCc2csc(-n3nc(C)cc3C)n2)c(OC)c1. The van der Waals surface area contributed by atoms with Crippen LogP contribution in [0.25, 0.3) is 5.13 Å². The third-order valence-electron chi connectivity index (χ3n) is 4.05. The molecule has 27 heavy (non-hydrogen) atoms. The number of ether oxygens (including phenoxy) is 2. The third-order valence-corrected chi connectivity index (χ3v) is 4.92. The normalized spacial score (nSPS) is 10.7. The van der Waals surface area contributed by atoms with E-state index in [-0.39, 0.29) is 5.91 Å². The number of amides is 1. The number of aromatic nitrogens is 3. The van der Waals surface area contributed by atoms with Crippen molar-refractivity contribution in [3.63, 3.8) is 0 Å². The van der Waals surface area contributed by atoms with Crippen LogP contribution in [-0.4, -0.2) is 41.4 Å². The minimum Gasteiger partial charge on any atom is -0.497 e. The van der Waals surface area contributed by atoms with E-state index in [0.29, 0.717) is 30.0 Å². The molecule has 0 atom stereocenters. The molecule has 0 spiro atoms. The van der Waals surface area contributed by atoms with Crippen LogP contribution in [-0.2, 0) is 6.42 Å². The smallest absolute Gasteiger partial charge is 0.255 e. The summed E-state index contributed by atoms with van der Waals surface area (Å²) in [6.45, 7) is 4.44. The van der Waals surface area contributed by atoms with Crippen LogP contribution in [0.4, 0.5) is 0 Å². The summed E-state index contributed by atoms with van der Waals surface area (Å²) in [4.78, 5) is 17.0. The van der Waals surface area contributed by atoms with Crippen LogP contribution in [0.15, 0.2) is 29.6 Å². The van der Waals surface area contributed by atoms with Gasteiger partial charge in [0.1, 0.15) is 11.5 Å². The predicted molar refractivity (Wildman–Crippen MR) is 104 cm³/mol. The number of carbonyl (C=O) groups excluding carboxylic acids is 1. The number of carbonyl (C=O) groups is 1. The number of thiazole rings is 1. The van der Waals surface area contributed by atoms with E-state index >= 15 is 0 Å². The molecule has 7 nitrogen and oxygen atoms in total. The van der Waals surface area contributed by atoms with Crippen molar-refractivity contribution in [3.8, 4) is 16.6 Å². The maximum absolute atomic E-state index is 12.4. The van der Waals surface area contributed by atoms with E-state index in [0.717, 1.165) is 22.2 Å². The molecule has 0 aliphatic carbocycles. The van der Waals surface area contributed by atoms with E-state index in [2.05, 4.69) is 15.4 Å². The first-order valence-corrected chi connectivity index (χ1v) is 9.38. The molecule has 0 radical (unpaired) electrons. The van der Waals surface area contributed by atoms with Crippen molar-refractivity contribution in [2.24, 2.45) is 0 Å². The Balaban J connectivity index is 1.60. The van der Waals surface area contributed by atoms with Gasteiger partial charge < -0.3 is 14.8 Å². The van der Waals surface area contributed by atoms with Gasteiger partial charge in [0.05, 0.1) is 31.2 Å². The first-order chi connectivity index (χ1) is 13.0. The lowest BCUT2D eigenvalue weighted by atomic mass is 10.1. The first-order valence-electron chi connectivity index (χ1n) is 8.50. The van der Waals surface area contributed by atoms with Gasteiger partial charge >= 0.3 is 0 Å². The van der Waals surface area contributed by atoms with Crippen LogP contribution in [0, 0.1) is 13.8 Å². The van der Waals surface area contributed by atoms with Gasteiger partial charge in [-0.1, -0.05) is 0 Å². The Kier molecular flexibility index (Phi) is 5.75. The van der Waals surface area contributed by atoms with E-state index in [1.165, 1.54) is 18.4 Å². The average molecular weight is 386 g/mol. The zero-order chi connectivity index (χ0) is 19.4. The zero-order valence-corrected chi connectivity index (χ0v) is 16.6. The molecule has 0 aliphatic rings. The monoisotopic (exact) mass is 386 g/mol. The molecule has 142 valence electrons. The second-order valence-electron chi connectivity index (χ2n) is 6.03. The first kappa shape index (κ1) is 18.9. The highest BCUT2D eigenvalue weighted by atomic mass is 32.1. The number of hydrogen-bond donors (Lipinski definition) is 1. The highest BCUT2D eigenvalue weighted by Crippen LogP contribution is 2.24. The third kappa shape index (κ3) is 4.28. The van der Waals surface area contributed by atoms with E-state index in [9.17, 15) is 4.79 Å². The van der Waals surface area contributed by atoms with Crippen molar-refractivity contribution in [1.29, 1.82) is 0 Å². The number of nitrogens with zero attached hydrogens (tertiary/aromatic N) is 3. The van der Waals surface area contributed by atoms with E-state index in [1.807, 2.05) is 30.0 Å². The van der Waals surface area contributed by atoms with Gasteiger partial charge in [-0.25, -0.2) is 9.67 Å². The fourth-order valence-electron chi connectivity index (χ4n) is 2.72. The molecule has 2 aromatic heterocycles. The summed E-state index contributed by atoms with van der Waals surface area (Å²) in [7, 11) is 3.10. The molecule has 1 aromatic carbocycles. The zero-order valence-electron chi connectivity index (χ0n) is 15.8. The minimum absolute atomic E-state index is 0.191. The molecule has 1 amide bonds. The summed E-state index contributed by atoms with van der Waals surface area (Å²) in [6.07, 6.45) is 0.639. The minimum atomic E-state index is -0.191. The second-order valence-corrected chi connectivity index (χ2v) is 6.87. The van der Waals surface area contributed by atoms with Crippen LogP contribution >= 0.6 is 11.3 Å². The molecule has 3 rings (SSSR count). The maximum Gasteiger partial charge on any atom is 0.255 e. The molecule has 8 heteroatoms. The van der Waals surface area contributed by atoms with Gasteiger partial charge in [-0.2, -0.15) is 5.10 Å². The second kappa shape index (κ2) is 8.22. The van der Waals surface area contributed by atoms with Gasteiger partial charge in [-0.15, -0.1) is 11.3 Å². The van der Waals surface area contributed by atoms with Crippen molar-refractivity contribution < 1.29 is 14.3 Å². The van der Waals surface area contributed by atoms with Crippen LogP contribution in [0.5, 0.6) is 11.5 Å². The number of nitrogens with one attached hydrogen (secondary N) is 1. The Bertz CT molecular complexity index is 948. The highest BCUT2D eigenvalue weighted by molar-refractivity contribution is 7.12. The quantitative estimate of drug-likeness (QED) is 0.675. The van der Waals surface area contributed by atoms with Crippen molar-refractivity contribution in [3.05, 3.63) is 52.3 Å². The summed E-state index contributed by atoms with van der Waals surface area (Å²) in [5.74, 6) is 0.929. The molecule has 0 unspecified atom stereocenters. The van der Waals surface area contributed by atoms with Crippen molar-refractivity contribution in [2.75, 3.05) is 20.8 Å². The highest BCUT2D eigenvalue weighted by Gasteiger charge is 2.13. The van der Waals surface area contributed by atoms with Gasteiger partial charge in [0.25, 0.3) is 5.91 Å². The summed E-state index contributed by atoms with van der Waals surface area (Å²) in [5, 5.41) is 10.2. The number of aryl methyl sites for hydroxylation is 2. The van der Waals surface area contributed by atoms with E-state index in [1.54, 1.807) is 25.3 Å². The molecular formula is C19H22N4O3S. The lowest BCUT2D eigenvalue weighted by Gasteiger charge is -2.10. The fraction of sp³-hybridized carbons (Fsp3) is 0.316. The summed E-state index contributed by atoms with van der Waals surface area (Å²) in [5.41, 5.74) is 3.41. The summed E-state index contributed by atoms with van der Waals surface area (Å²) < 4.78 is 12.3. The average Bonchev–Trinajstić information content (AvgIpc) is 3.26. The predicted octanol–water partition coefficient (Wildman–Crippen LogP) is 2.94. The molecule has 0 fully saturated rings. The standard InChI is InChI=1S/C19H22N4O3S/c1-12-9-13(2)23(22-12)19-21-14(11-27-19)7-8-20-18(24)16-6-5-15(25-3)10-17(16)26-4/h5-6,9-11H,7-8H2,1-4H3,(H,20,24). The van der Waals surface area contributed by atoms with Crippen molar-refractivity contribution >= 4 is 17.2 Å². The van der Waals surface area contributed by atoms with Crippen LogP contribution in [0.1, 0.15) is 27.4 Å². The number of hydrogen-bond acceptors (Lipinski definition) is 6. The number of methoxy groups -OCH3 is 2. The Labute approximate surface area is 162 Å². The number of rotatable bonds is 7. The molecule has 2 heterocycles. The molecule has 0 saturated heterocycles. The molecule has 0 bridgehead atoms. The van der Waals surface area contributed by atoms with Gasteiger partial charge in [0.2, 0.25) is 5.13 Å². The van der Waals surface area contributed by atoms with E-state index < -0.39 is 0 Å². The number of benzene rings is 1. The Morgan fingerprint density at radius 2 is 2.04 bits per heavy atom. The van der Waals surface area contributed by atoms with E-state index in [4.69, 9.17) is 9.47 Å². The van der Waals surface area contributed by atoms with Crippen molar-refractivity contribution in [1.82, 2.24) is 20.1 Å². The Morgan fingerprint density at radius 1 is 1.22 bits per heavy atom. The van der Waals surface area contributed by atoms with Gasteiger partial charge in [-0.3, -0.25) is 4.79 Å². The lowest BCUT2D eigenvalue weighted by Crippen LogP contribution is -2.26. The Morgan fingerprint density at radius 3 is 2.70 bits per heavy atom. The summed E-state index contributed by atoms with van der Waals surface area (Å²) >= 11 is 1.54. The van der Waals surface area contributed by atoms with Gasteiger partial charge in [0.15, 0.2) is 0 Å².